The highest BCUT2D eigenvalue weighted by Crippen LogP contribution is 2.46. The van der Waals surface area contributed by atoms with Crippen molar-refractivity contribution in [1.29, 1.82) is 0 Å². The summed E-state index contributed by atoms with van der Waals surface area (Å²) in [6, 6.07) is 14.9. The number of thioether (sulfide) groups is 2. The molecule has 8 heteroatoms. The van der Waals surface area contributed by atoms with Crippen molar-refractivity contribution in [2.45, 2.75) is 48.4 Å². The summed E-state index contributed by atoms with van der Waals surface area (Å²) in [7, 11) is 0. The molecule has 33 heavy (non-hydrogen) atoms. The smallest absolute Gasteiger partial charge is 0.353 e. The van der Waals surface area contributed by atoms with Crippen molar-refractivity contribution in [3.8, 4) is 0 Å². The molecule has 0 saturated carbocycles. The summed E-state index contributed by atoms with van der Waals surface area (Å²) in [6.45, 7) is 0. The van der Waals surface area contributed by atoms with E-state index in [0.29, 0.717) is 10.7 Å². The van der Waals surface area contributed by atoms with Gasteiger partial charge in [-0.25, -0.2) is 4.79 Å². The van der Waals surface area contributed by atoms with Gasteiger partial charge in [-0.2, -0.15) is 0 Å². The zero-order chi connectivity index (χ0) is 22.9. The largest absolute Gasteiger partial charge is 0.477 e. The number of aryl methyl sites for hydroxylation is 1. The van der Waals surface area contributed by atoms with Crippen molar-refractivity contribution in [2.24, 2.45) is 0 Å². The van der Waals surface area contributed by atoms with E-state index in [2.05, 4.69) is 11.4 Å². The molecule has 6 nitrogen and oxygen atoms in total. The molecule has 5 rings (SSSR count). The van der Waals surface area contributed by atoms with Crippen LogP contribution in [0.25, 0.3) is 0 Å². The fourth-order valence-electron chi connectivity index (χ4n) is 4.65. The molecule has 170 valence electrons. The summed E-state index contributed by atoms with van der Waals surface area (Å²) in [4.78, 5) is 40.7. The Morgan fingerprint density at radius 1 is 1.09 bits per heavy atom. The fourth-order valence-corrected chi connectivity index (χ4v) is 7.33. The van der Waals surface area contributed by atoms with E-state index in [0.717, 1.165) is 29.7 Å². The maximum absolute atomic E-state index is 12.9. The lowest BCUT2D eigenvalue weighted by atomic mass is 9.92. The minimum atomic E-state index is -1.10. The molecule has 2 amide bonds. The maximum Gasteiger partial charge on any atom is 0.353 e. The van der Waals surface area contributed by atoms with Gasteiger partial charge in [0.05, 0.1) is 6.42 Å². The molecule has 1 fully saturated rings. The molecule has 0 bridgehead atoms. The van der Waals surface area contributed by atoms with Gasteiger partial charge in [-0.3, -0.25) is 14.5 Å². The predicted octanol–water partition coefficient (Wildman–Crippen LogP) is 3.60. The van der Waals surface area contributed by atoms with E-state index in [-0.39, 0.29) is 23.9 Å². The number of nitrogens with zero attached hydrogens (tertiary/aromatic N) is 1. The molecule has 2 aromatic rings. The van der Waals surface area contributed by atoms with Gasteiger partial charge in [0.15, 0.2) is 0 Å². The van der Waals surface area contributed by atoms with Gasteiger partial charge in [-0.15, -0.1) is 11.8 Å². The van der Waals surface area contributed by atoms with Gasteiger partial charge >= 0.3 is 5.97 Å². The van der Waals surface area contributed by atoms with Crippen LogP contribution in [0.1, 0.15) is 29.5 Å². The molecule has 3 aliphatic rings. The van der Waals surface area contributed by atoms with E-state index in [1.807, 2.05) is 42.5 Å². The van der Waals surface area contributed by atoms with Gasteiger partial charge in [-0.05, 0) is 48.4 Å². The van der Waals surface area contributed by atoms with Crippen LogP contribution in [-0.4, -0.2) is 45.0 Å². The third kappa shape index (κ3) is 4.29. The van der Waals surface area contributed by atoms with Crippen LogP contribution in [-0.2, 0) is 33.6 Å². The average Bonchev–Trinajstić information content (AvgIpc) is 2.83. The zero-order valence-corrected chi connectivity index (χ0v) is 19.6. The van der Waals surface area contributed by atoms with Gasteiger partial charge < -0.3 is 10.4 Å². The van der Waals surface area contributed by atoms with Crippen LogP contribution in [0.4, 0.5) is 0 Å². The molecule has 2 atom stereocenters. The second-order valence-electron chi connectivity index (χ2n) is 8.40. The molecule has 1 aliphatic carbocycles. The Morgan fingerprint density at radius 3 is 2.67 bits per heavy atom. The maximum atomic E-state index is 12.9. The van der Waals surface area contributed by atoms with Crippen LogP contribution in [0.15, 0.2) is 64.0 Å². The number of carbonyl (C=O) groups is 3. The molecule has 0 radical (unpaired) electrons. The molecule has 2 heterocycles. The number of aliphatic carboxylic acids is 1. The van der Waals surface area contributed by atoms with Crippen molar-refractivity contribution in [3.05, 3.63) is 75.8 Å². The van der Waals surface area contributed by atoms with Crippen molar-refractivity contribution in [2.75, 3.05) is 5.75 Å². The Hall–Kier alpha value is -2.71. The molecule has 1 saturated heterocycles. The number of hydrogen-bond donors (Lipinski definition) is 2. The molecule has 2 aromatic carbocycles. The topological polar surface area (TPSA) is 86.7 Å². The third-order valence-corrected chi connectivity index (χ3v) is 8.90. The number of fused-ring (bicyclic) bond motifs is 2. The molecular weight excluding hydrogens is 456 g/mol. The Balaban J connectivity index is 1.33. The molecule has 0 spiro atoms. The molecule has 2 aliphatic heterocycles. The fraction of sp³-hybridized carbons (Fsp3) is 0.320. The Labute approximate surface area is 200 Å². The first-order valence-corrected chi connectivity index (χ1v) is 12.9. The quantitative estimate of drug-likeness (QED) is 0.615. The van der Waals surface area contributed by atoms with E-state index >= 15 is 0 Å². The highest BCUT2D eigenvalue weighted by Gasteiger charge is 2.54. The summed E-state index contributed by atoms with van der Waals surface area (Å²) < 4.78 is 0. The van der Waals surface area contributed by atoms with Gasteiger partial charge in [0.25, 0.3) is 5.91 Å². The Kier molecular flexibility index (Phi) is 6.21. The van der Waals surface area contributed by atoms with E-state index in [1.54, 1.807) is 0 Å². The van der Waals surface area contributed by atoms with Crippen molar-refractivity contribution < 1.29 is 19.5 Å². The second-order valence-corrected chi connectivity index (χ2v) is 10.6. The lowest BCUT2D eigenvalue weighted by Gasteiger charge is -2.49. The Bertz CT molecular complexity index is 1150. The van der Waals surface area contributed by atoms with Crippen molar-refractivity contribution in [1.82, 2.24) is 10.2 Å². The number of carboxylic acid groups (broad SMARTS) is 1. The number of amides is 2. The summed E-state index contributed by atoms with van der Waals surface area (Å²) >= 11 is 2.98. The minimum absolute atomic E-state index is 0.0516. The van der Waals surface area contributed by atoms with Crippen LogP contribution < -0.4 is 5.32 Å². The average molecular weight is 481 g/mol. The highest BCUT2D eigenvalue weighted by atomic mass is 32.2. The molecule has 0 unspecified atom stereocenters. The van der Waals surface area contributed by atoms with Gasteiger partial charge in [0.1, 0.15) is 17.1 Å². The zero-order valence-electron chi connectivity index (χ0n) is 18.0. The summed E-state index contributed by atoms with van der Waals surface area (Å²) in [5.74, 6) is -1.21. The van der Waals surface area contributed by atoms with Gasteiger partial charge in [0.2, 0.25) is 5.91 Å². The van der Waals surface area contributed by atoms with Crippen LogP contribution in [0.3, 0.4) is 0 Å². The van der Waals surface area contributed by atoms with Crippen molar-refractivity contribution >= 4 is 41.3 Å². The lowest BCUT2D eigenvalue weighted by molar-refractivity contribution is -0.150. The van der Waals surface area contributed by atoms with Crippen LogP contribution in [0.5, 0.6) is 0 Å². The monoisotopic (exact) mass is 480 g/mol. The van der Waals surface area contributed by atoms with E-state index in [9.17, 15) is 19.5 Å². The number of benzene rings is 2. The SMILES string of the molecule is O=C(Cc1ccccc1)N[C@@H]1C(=O)N2C(C(=O)O)=C(Sc3cccc4c3CCCC4)CS[C@H]12. The standard InChI is InChI=1S/C25H24N2O4S2/c28-20(13-15-7-2-1-3-8-15)26-21-23(29)27-22(25(30)31)19(14-32-24(21)27)33-18-12-6-10-16-9-4-5-11-17(16)18/h1-3,6-8,10,12,21,24H,4-5,9,11,13-14H2,(H,26,28)(H,30,31)/t21-,24-/m1/s1. The molecule has 2 N–H and O–H groups in total. The minimum Gasteiger partial charge on any atom is -0.477 e. The number of carbonyl (C=O) groups excluding carboxylic acids is 2. The Morgan fingerprint density at radius 2 is 1.88 bits per heavy atom. The van der Waals surface area contributed by atoms with E-state index in [4.69, 9.17) is 0 Å². The summed E-state index contributed by atoms with van der Waals surface area (Å²) in [5, 5.41) is 12.4. The lowest BCUT2D eigenvalue weighted by Crippen LogP contribution is -2.70. The van der Waals surface area contributed by atoms with Gasteiger partial charge in [0, 0.05) is 15.6 Å². The number of nitrogens with one attached hydrogen (secondary N) is 1. The van der Waals surface area contributed by atoms with E-state index < -0.39 is 17.4 Å². The van der Waals surface area contributed by atoms with Crippen molar-refractivity contribution in [3.63, 3.8) is 0 Å². The third-order valence-electron chi connectivity index (χ3n) is 6.25. The number of β-lactam (4-membered cyclic amide) rings is 1. The molecular formula is C25H24N2O4S2. The highest BCUT2D eigenvalue weighted by molar-refractivity contribution is 8.06. The second kappa shape index (κ2) is 9.27. The predicted molar refractivity (Wildman–Crippen MR) is 129 cm³/mol. The number of carboxylic acids is 1. The normalized spacial score (nSPS) is 21.7. The van der Waals surface area contributed by atoms with Crippen LogP contribution in [0.2, 0.25) is 0 Å². The first-order valence-electron chi connectivity index (χ1n) is 11.1. The summed E-state index contributed by atoms with van der Waals surface area (Å²) in [5.41, 5.74) is 3.56. The van der Waals surface area contributed by atoms with Crippen LogP contribution in [0, 0.1) is 0 Å². The number of rotatable bonds is 6. The first kappa shape index (κ1) is 22.1. The van der Waals surface area contributed by atoms with E-state index in [1.165, 1.54) is 46.0 Å². The van der Waals surface area contributed by atoms with Gasteiger partial charge in [-0.1, -0.05) is 54.2 Å². The summed E-state index contributed by atoms with van der Waals surface area (Å²) in [6.07, 6.45) is 4.56. The first-order chi connectivity index (χ1) is 16.0. The molecule has 0 aromatic heterocycles. The number of hydrogen-bond acceptors (Lipinski definition) is 5. The van der Waals surface area contributed by atoms with Crippen LogP contribution >= 0.6 is 23.5 Å².